The highest BCUT2D eigenvalue weighted by Gasteiger charge is 2.27. The van der Waals surface area contributed by atoms with Crippen LogP contribution < -0.4 is 5.32 Å². The van der Waals surface area contributed by atoms with E-state index in [1.54, 1.807) is 7.11 Å². The quantitative estimate of drug-likeness (QED) is 0.837. The van der Waals surface area contributed by atoms with E-state index in [2.05, 4.69) is 52.9 Å². The van der Waals surface area contributed by atoms with Crippen molar-refractivity contribution in [2.45, 2.75) is 19.4 Å². The Balaban J connectivity index is 2.28. The lowest BCUT2D eigenvalue weighted by Gasteiger charge is -2.33. The number of hydrogen-bond acceptors (Lipinski definition) is 2. The molecule has 86 valence electrons. The van der Waals surface area contributed by atoms with Crippen LogP contribution in [0.15, 0.2) is 35.0 Å². The number of anilines is 1. The molecule has 2 nitrogen and oxygen atoms in total. The molecule has 0 amide bonds. The van der Waals surface area contributed by atoms with Crippen LogP contribution in [0.4, 0.5) is 5.69 Å². The van der Waals surface area contributed by atoms with Crippen molar-refractivity contribution in [1.82, 2.24) is 0 Å². The third-order valence-corrected chi connectivity index (χ3v) is 3.67. The average molecular weight is 282 g/mol. The predicted molar refractivity (Wildman–Crippen MR) is 70.6 cm³/mol. The lowest BCUT2D eigenvalue weighted by Crippen LogP contribution is -2.33. The Hall–Kier alpha value is -0.960. The first kappa shape index (κ1) is 11.5. The van der Waals surface area contributed by atoms with Crippen LogP contribution >= 0.6 is 15.9 Å². The Morgan fingerprint density at radius 1 is 1.56 bits per heavy atom. The smallest absolute Gasteiger partial charge is 0.0938 e. The molecule has 0 saturated carbocycles. The van der Waals surface area contributed by atoms with E-state index in [-0.39, 0.29) is 0 Å². The van der Waals surface area contributed by atoms with Gasteiger partial charge in [-0.1, -0.05) is 28.6 Å². The van der Waals surface area contributed by atoms with Crippen LogP contribution in [0.1, 0.15) is 12.5 Å². The normalized spacial score (nSPS) is 23.2. The first-order valence-electron chi connectivity index (χ1n) is 5.39. The van der Waals surface area contributed by atoms with Gasteiger partial charge in [-0.25, -0.2) is 0 Å². The minimum Gasteiger partial charge on any atom is -0.501 e. The molecule has 0 bridgehead atoms. The van der Waals surface area contributed by atoms with Crippen LogP contribution in [0, 0.1) is 5.92 Å². The standard InChI is InChI=1S/C13H16BrNO/c1-8-12(9(2)16-3)6-10-4-5-11(14)7-13(10)15-8/h4-5,7-8,12,15H,2,6H2,1,3H3. The van der Waals surface area contributed by atoms with Crippen molar-refractivity contribution in [1.29, 1.82) is 0 Å². The average Bonchev–Trinajstić information content (AvgIpc) is 2.27. The van der Waals surface area contributed by atoms with Gasteiger partial charge in [0, 0.05) is 22.1 Å². The molecule has 1 heterocycles. The Morgan fingerprint density at radius 3 is 3.00 bits per heavy atom. The molecule has 2 unspecified atom stereocenters. The molecule has 0 saturated heterocycles. The molecule has 0 radical (unpaired) electrons. The highest BCUT2D eigenvalue weighted by molar-refractivity contribution is 9.10. The lowest BCUT2D eigenvalue weighted by atomic mass is 9.87. The van der Waals surface area contributed by atoms with Crippen molar-refractivity contribution in [2.75, 3.05) is 12.4 Å². The highest BCUT2D eigenvalue weighted by Crippen LogP contribution is 2.33. The van der Waals surface area contributed by atoms with Gasteiger partial charge < -0.3 is 10.1 Å². The van der Waals surface area contributed by atoms with Gasteiger partial charge in [-0.15, -0.1) is 0 Å². The molecule has 0 spiro atoms. The van der Waals surface area contributed by atoms with Crippen LogP contribution in [-0.4, -0.2) is 13.2 Å². The summed E-state index contributed by atoms with van der Waals surface area (Å²) in [5.74, 6) is 1.20. The molecule has 16 heavy (non-hydrogen) atoms. The van der Waals surface area contributed by atoms with E-state index in [0.717, 1.165) is 16.7 Å². The van der Waals surface area contributed by atoms with Crippen LogP contribution in [0.25, 0.3) is 0 Å². The van der Waals surface area contributed by atoms with Gasteiger partial charge in [-0.2, -0.15) is 0 Å². The van der Waals surface area contributed by atoms with Crippen LogP contribution in [0.2, 0.25) is 0 Å². The Labute approximate surface area is 105 Å². The van der Waals surface area contributed by atoms with Crippen LogP contribution in [0.5, 0.6) is 0 Å². The van der Waals surface area contributed by atoms with E-state index in [4.69, 9.17) is 4.74 Å². The SMILES string of the molecule is C=C(OC)C1Cc2ccc(Br)cc2NC1C. The number of ether oxygens (including phenoxy) is 1. The van der Waals surface area contributed by atoms with Gasteiger partial charge in [0.2, 0.25) is 0 Å². The third kappa shape index (κ3) is 2.09. The fourth-order valence-electron chi connectivity index (χ4n) is 2.16. The van der Waals surface area contributed by atoms with Crippen LogP contribution in [0.3, 0.4) is 0 Å². The van der Waals surface area contributed by atoms with Crippen molar-refractivity contribution in [3.8, 4) is 0 Å². The number of benzene rings is 1. The molecule has 1 N–H and O–H groups in total. The number of hydrogen-bond donors (Lipinski definition) is 1. The second-order valence-corrected chi connectivity index (χ2v) is 5.13. The van der Waals surface area contributed by atoms with E-state index in [9.17, 15) is 0 Å². The Bertz CT molecular complexity index is 416. The Kier molecular flexibility index (Phi) is 3.24. The van der Waals surface area contributed by atoms with E-state index < -0.39 is 0 Å². The summed E-state index contributed by atoms with van der Waals surface area (Å²) in [4.78, 5) is 0. The van der Waals surface area contributed by atoms with Gasteiger partial charge in [0.1, 0.15) is 0 Å². The summed E-state index contributed by atoms with van der Waals surface area (Å²) < 4.78 is 6.36. The summed E-state index contributed by atoms with van der Waals surface area (Å²) in [6.07, 6.45) is 0.990. The van der Waals surface area contributed by atoms with E-state index in [1.807, 2.05) is 0 Å². The zero-order chi connectivity index (χ0) is 11.7. The maximum atomic E-state index is 5.26. The molecule has 0 aliphatic carbocycles. The number of methoxy groups -OCH3 is 1. The molecule has 1 aliphatic rings. The first-order valence-corrected chi connectivity index (χ1v) is 6.19. The summed E-state index contributed by atoms with van der Waals surface area (Å²) in [5.41, 5.74) is 2.53. The molecular formula is C13H16BrNO. The first-order chi connectivity index (χ1) is 7.61. The van der Waals surface area contributed by atoms with Gasteiger partial charge in [-0.3, -0.25) is 0 Å². The maximum absolute atomic E-state index is 5.26. The van der Waals surface area contributed by atoms with E-state index in [0.29, 0.717) is 12.0 Å². The predicted octanol–water partition coefficient (Wildman–Crippen LogP) is 3.58. The van der Waals surface area contributed by atoms with E-state index >= 15 is 0 Å². The number of fused-ring (bicyclic) bond motifs is 1. The van der Waals surface area contributed by atoms with Crippen molar-refractivity contribution in [3.05, 3.63) is 40.6 Å². The molecule has 1 aromatic carbocycles. The summed E-state index contributed by atoms with van der Waals surface area (Å²) >= 11 is 3.49. The molecule has 2 rings (SSSR count). The zero-order valence-corrected chi connectivity index (χ0v) is 11.2. The second kappa shape index (κ2) is 4.50. The summed E-state index contributed by atoms with van der Waals surface area (Å²) in [5, 5.41) is 3.50. The van der Waals surface area contributed by atoms with Crippen molar-refractivity contribution in [2.24, 2.45) is 5.92 Å². The summed E-state index contributed by atoms with van der Waals surface area (Å²) in [6.45, 7) is 6.13. The van der Waals surface area contributed by atoms with Crippen molar-refractivity contribution < 1.29 is 4.74 Å². The molecule has 0 fully saturated rings. The highest BCUT2D eigenvalue weighted by atomic mass is 79.9. The van der Waals surface area contributed by atoms with Gasteiger partial charge in [0.15, 0.2) is 0 Å². The second-order valence-electron chi connectivity index (χ2n) is 4.22. The molecular weight excluding hydrogens is 266 g/mol. The third-order valence-electron chi connectivity index (χ3n) is 3.17. The number of rotatable bonds is 2. The zero-order valence-electron chi connectivity index (χ0n) is 9.59. The number of nitrogens with one attached hydrogen (secondary N) is 1. The molecule has 0 aromatic heterocycles. The lowest BCUT2D eigenvalue weighted by molar-refractivity contribution is 0.231. The monoisotopic (exact) mass is 281 g/mol. The fraction of sp³-hybridized carbons (Fsp3) is 0.385. The molecule has 1 aromatic rings. The van der Waals surface area contributed by atoms with Crippen molar-refractivity contribution >= 4 is 21.6 Å². The molecule has 3 heteroatoms. The van der Waals surface area contributed by atoms with E-state index in [1.165, 1.54) is 11.3 Å². The maximum Gasteiger partial charge on any atom is 0.0938 e. The Morgan fingerprint density at radius 2 is 2.31 bits per heavy atom. The molecule has 2 atom stereocenters. The number of halogens is 1. The summed E-state index contributed by atoms with van der Waals surface area (Å²) in [7, 11) is 1.69. The van der Waals surface area contributed by atoms with Gasteiger partial charge in [0.05, 0.1) is 12.9 Å². The topological polar surface area (TPSA) is 21.3 Å². The largest absolute Gasteiger partial charge is 0.501 e. The van der Waals surface area contributed by atoms with Gasteiger partial charge >= 0.3 is 0 Å². The molecule has 1 aliphatic heterocycles. The minimum absolute atomic E-state index is 0.346. The fourth-order valence-corrected chi connectivity index (χ4v) is 2.53. The van der Waals surface area contributed by atoms with Crippen molar-refractivity contribution in [3.63, 3.8) is 0 Å². The minimum atomic E-state index is 0.346. The van der Waals surface area contributed by atoms with Gasteiger partial charge in [-0.05, 0) is 31.0 Å². The van der Waals surface area contributed by atoms with Crippen LogP contribution in [-0.2, 0) is 11.2 Å². The van der Waals surface area contributed by atoms with Gasteiger partial charge in [0.25, 0.3) is 0 Å². The summed E-state index contributed by atoms with van der Waals surface area (Å²) in [6, 6.07) is 6.70.